The lowest BCUT2D eigenvalue weighted by Gasteiger charge is -2.10. The van der Waals surface area contributed by atoms with E-state index in [1.54, 1.807) is 22.9 Å². The molecule has 0 amide bonds. The van der Waals surface area contributed by atoms with E-state index < -0.39 is 9.84 Å². The average molecular weight is 328 g/mol. The Morgan fingerprint density at radius 3 is 2.95 bits per heavy atom. The minimum absolute atomic E-state index is 0.0251. The molecule has 1 aromatic carbocycles. The highest BCUT2D eigenvalue weighted by Gasteiger charge is 2.29. The van der Waals surface area contributed by atoms with Gasteiger partial charge < -0.3 is 5.73 Å². The Kier molecular flexibility index (Phi) is 3.58. The van der Waals surface area contributed by atoms with Gasteiger partial charge in [0.05, 0.1) is 16.5 Å². The Hall–Kier alpha value is -1.67. The van der Waals surface area contributed by atoms with Crippen LogP contribution in [0.25, 0.3) is 11.4 Å². The predicted molar refractivity (Wildman–Crippen MR) is 79.4 cm³/mol. The van der Waals surface area contributed by atoms with E-state index in [2.05, 4.69) is 15.5 Å². The Bertz CT molecular complexity index is 774. The molecular weight excluding hydrogens is 314 g/mol. The molecule has 1 aliphatic heterocycles. The zero-order valence-electron chi connectivity index (χ0n) is 11.1. The summed E-state index contributed by atoms with van der Waals surface area (Å²) in [5.41, 5.74) is 6.97. The van der Waals surface area contributed by atoms with Gasteiger partial charge in [-0.15, -0.1) is 5.10 Å². The lowest BCUT2D eigenvalue weighted by atomic mass is 10.1. The third-order valence-electron chi connectivity index (χ3n) is 3.52. The van der Waals surface area contributed by atoms with Crippen molar-refractivity contribution >= 4 is 27.1 Å². The van der Waals surface area contributed by atoms with Crippen LogP contribution >= 0.6 is 11.6 Å². The zero-order valence-corrected chi connectivity index (χ0v) is 12.7. The Morgan fingerprint density at radius 1 is 1.43 bits per heavy atom. The van der Waals surface area contributed by atoms with E-state index in [-0.39, 0.29) is 17.4 Å². The summed E-state index contributed by atoms with van der Waals surface area (Å²) in [7, 11) is -2.92. The van der Waals surface area contributed by atoms with Crippen molar-refractivity contribution in [1.29, 1.82) is 0 Å². The van der Waals surface area contributed by atoms with Crippen molar-refractivity contribution in [2.24, 2.45) is 5.92 Å². The largest absolute Gasteiger partial charge is 0.399 e. The van der Waals surface area contributed by atoms with Gasteiger partial charge in [0.25, 0.3) is 0 Å². The normalized spacial score (nSPS) is 20.7. The van der Waals surface area contributed by atoms with Crippen molar-refractivity contribution in [3.05, 3.63) is 23.2 Å². The van der Waals surface area contributed by atoms with E-state index in [1.165, 1.54) is 0 Å². The summed E-state index contributed by atoms with van der Waals surface area (Å²) in [6.45, 7) is 0.451. The fourth-order valence-corrected chi connectivity index (χ4v) is 4.55. The van der Waals surface area contributed by atoms with E-state index >= 15 is 0 Å². The lowest BCUT2D eigenvalue weighted by Crippen LogP contribution is -2.14. The minimum Gasteiger partial charge on any atom is -0.399 e. The highest BCUT2D eigenvalue weighted by molar-refractivity contribution is 7.91. The van der Waals surface area contributed by atoms with Gasteiger partial charge in [-0.1, -0.05) is 11.6 Å². The van der Waals surface area contributed by atoms with Gasteiger partial charge in [0.15, 0.2) is 15.7 Å². The van der Waals surface area contributed by atoms with Gasteiger partial charge in [0.1, 0.15) is 0 Å². The van der Waals surface area contributed by atoms with E-state index in [0.29, 0.717) is 35.1 Å². The fourth-order valence-electron chi connectivity index (χ4n) is 2.50. The molecule has 0 spiro atoms. The first kappa shape index (κ1) is 14.3. The summed E-state index contributed by atoms with van der Waals surface area (Å²) in [5.74, 6) is 0.930. The quantitative estimate of drug-likeness (QED) is 0.844. The van der Waals surface area contributed by atoms with Gasteiger partial charge in [-0.25, -0.2) is 13.1 Å². The first-order chi connectivity index (χ1) is 9.94. The Morgan fingerprint density at radius 2 is 2.24 bits per heavy atom. The van der Waals surface area contributed by atoms with Gasteiger partial charge in [0.2, 0.25) is 0 Å². The maximum atomic E-state index is 11.5. The van der Waals surface area contributed by atoms with Crippen LogP contribution in [0.1, 0.15) is 6.42 Å². The number of sulfone groups is 1. The van der Waals surface area contributed by atoms with Crippen molar-refractivity contribution in [2.75, 3.05) is 17.2 Å². The molecule has 1 atom stereocenters. The van der Waals surface area contributed by atoms with Crippen LogP contribution in [0.15, 0.2) is 18.2 Å². The van der Waals surface area contributed by atoms with Gasteiger partial charge in [0, 0.05) is 17.8 Å². The highest BCUT2D eigenvalue weighted by Crippen LogP contribution is 2.29. The number of rotatable bonds is 3. The number of nitrogen functional groups attached to an aromatic ring is 1. The van der Waals surface area contributed by atoms with Gasteiger partial charge in [-0.3, -0.25) is 0 Å². The Labute approximate surface area is 127 Å². The molecule has 0 saturated carbocycles. The maximum Gasteiger partial charge on any atom is 0.183 e. The molecule has 3 rings (SSSR count). The molecule has 7 nitrogen and oxygen atoms in total. The monoisotopic (exact) mass is 327 g/mol. The highest BCUT2D eigenvalue weighted by atomic mass is 35.5. The number of tetrazole rings is 1. The molecule has 1 unspecified atom stereocenters. The smallest absolute Gasteiger partial charge is 0.183 e. The fraction of sp³-hybridized carbons (Fsp3) is 0.417. The number of aromatic nitrogens is 4. The second-order valence-electron chi connectivity index (χ2n) is 5.19. The van der Waals surface area contributed by atoms with E-state index in [1.807, 2.05) is 0 Å². The molecule has 2 heterocycles. The lowest BCUT2D eigenvalue weighted by molar-refractivity contribution is 0.452. The van der Waals surface area contributed by atoms with Crippen molar-refractivity contribution in [3.63, 3.8) is 0 Å². The third kappa shape index (κ3) is 3.01. The van der Waals surface area contributed by atoms with Crippen LogP contribution in [0.2, 0.25) is 5.02 Å². The van der Waals surface area contributed by atoms with Crippen LogP contribution in [0, 0.1) is 5.92 Å². The number of hydrogen-bond acceptors (Lipinski definition) is 6. The van der Waals surface area contributed by atoms with Crippen LogP contribution in [0.5, 0.6) is 0 Å². The zero-order chi connectivity index (χ0) is 15.0. The summed E-state index contributed by atoms with van der Waals surface area (Å²) in [5, 5.41) is 12.1. The molecule has 9 heteroatoms. The van der Waals surface area contributed by atoms with Crippen molar-refractivity contribution in [1.82, 2.24) is 20.2 Å². The van der Waals surface area contributed by atoms with Crippen molar-refractivity contribution in [2.45, 2.75) is 13.0 Å². The maximum absolute atomic E-state index is 11.5. The number of benzene rings is 1. The average Bonchev–Trinajstić information content (AvgIpc) is 2.99. The standard InChI is InChI=1S/C12H14ClN5O2S/c13-11-2-1-9(14)5-10(11)12-15-16-17-18(12)6-8-3-4-21(19,20)7-8/h1-2,5,8H,3-4,6-7,14H2. The first-order valence-electron chi connectivity index (χ1n) is 6.46. The van der Waals surface area contributed by atoms with Gasteiger partial charge in [-0.2, -0.15) is 0 Å². The van der Waals surface area contributed by atoms with Gasteiger partial charge >= 0.3 is 0 Å². The van der Waals surface area contributed by atoms with Crippen LogP contribution in [-0.4, -0.2) is 40.1 Å². The third-order valence-corrected chi connectivity index (χ3v) is 5.69. The molecule has 0 bridgehead atoms. The second-order valence-corrected chi connectivity index (χ2v) is 7.83. The molecule has 0 aliphatic carbocycles. The molecule has 1 aliphatic rings. The SMILES string of the molecule is Nc1ccc(Cl)c(-c2nnnn2CC2CCS(=O)(=O)C2)c1. The van der Waals surface area contributed by atoms with Crippen molar-refractivity contribution < 1.29 is 8.42 Å². The van der Waals surface area contributed by atoms with Crippen LogP contribution < -0.4 is 5.73 Å². The van der Waals surface area contributed by atoms with Crippen LogP contribution in [0.3, 0.4) is 0 Å². The molecule has 2 aromatic rings. The molecule has 1 fully saturated rings. The summed E-state index contributed by atoms with van der Waals surface area (Å²) in [6, 6.07) is 5.09. The molecule has 0 radical (unpaired) electrons. The number of anilines is 1. The number of hydrogen-bond donors (Lipinski definition) is 1. The van der Waals surface area contributed by atoms with Crippen LogP contribution in [0.4, 0.5) is 5.69 Å². The molecular formula is C12H14ClN5O2S. The summed E-state index contributed by atoms with van der Waals surface area (Å²) >= 11 is 6.16. The predicted octanol–water partition coefficient (Wildman–Crippen LogP) is 1.01. The number of halogens is 1. The van der Waals surface area contributed by atoms with E-state index in [4.69, 9.17) is 17.3 Å². The number of nitrogens with two attached hydrogens (primary N) is 1. The van der Waals surface area contributed by atoms with Crippen molar-refractivity contribution in [3.8, 4) is 11.4 Å². The number of nitrogens with zero attached hydrogens (tertiary/aromatic N) is 4. The molecule has 21 heavy (non-hydrogen) atoms. The van der Waals surface area contributed by atoms with Crippen LogP contribution in [-0.2, 0) is 16.4 Å². The first-order valence-corrected chi connectivity index (χ1v) is 8.66. The molecule has 2 N–H and O–H groups in total. The van der Waals surface area contributed by atoms with E-state index in [0.717, 1.165) is 0 Å². The minimum atomic E-state index is -2.92. The summed E-state index contributed by atoms with van der Waals surface area (Å²) in [6.07, 6.45) is 0.631. The topological polar surface area (TPSA) is 104 Å². The second kappa shape index (κ2) is 5.27. The molecule has 1 saturated heterocycles. The Balaban J connectivity index is 1.89. The molecule has 1 aromatic heterocycles. The van der Waals surface area contributed by atoms with E-state index in [9.17, 15) is 8.42 Å². The summed E-state index contributed by atoms with van der Waals surface area (Å²) < 4.78 is 24.6. The van der Waals surface area contributed by atoms with Gasteiger partial charge in [-0.05, 0) is 41.0 Å². The molecule has 112 valence electrons. The summed E-state index contributed by atoms with van der Waals surface area (Å²) in [4.78, 5) is 0.